The van der Waals surface area contributed by atoms with E-state index in [1.54, 1.807) is 10.9 Å². The summed E-state index contributed by atoms with van der Waals surface area (Å²) in [6, 6.07) is 6.15. The third-order valence-corrected chi connectivity index (χ3v) is 5.16. The topological polar surface area (TPSA) is 66.8 Å². The molecule has 1 aromatic carbocycles. The van der Waals surface area contributed by atoms with Crippen LogP contribution in [0.3, 0.4) is 0 Å². The Hall–Kier alpha value is -2.54. The van der Waals surface area contributed by atoms with Crippen LogP contribution in [0.15, 0.2) is 29.3 Å². The van der Waals surface area contributed by atoms with E-state index in [1.165, 1.54) is 6.42 Å². The van der Waals surface area contributed by atoms with E-state index in [-0.39, 0.29) is 5.56 Å². The number of fused-ring (bicyclic) bond motifs is 1. The first-order valence-electron chi connectivity index (χ1n) is 8.88. The van der Waals surface area contributed by atoms with Gasteiger partial charge in [-0.1, -0.05) is 18.3 Å². The van der Waals surface area contributed by atoms with Crippen LogP contribution in [0, 0.1) is 18.5 Å². The van der Waals surface area contributed by atoms with Crippen molar-refractivity contribution in [2.45, 2.75) is 33.1 Å². The maximum absolute atomic E-state index is 12.7. The molecule has 0 saturated carbocycles. The van der Waals surface area contributed by atoms with E-state index < -0.39 is 0 Å². The number of benzene rings is 1. The Bertz CT molecular complexity index is 1080. The van der Waals surface area contributed by atoms with Gasteiger partial charge in [-0.2, -0.15) is 4.98 Å². The van der Waals surface area contributed by atoms with Gasteiger partial charge in [-0.25, -0.2) is 4.98 Å². The van der Waals surface area contributed by atoms with Crippen LogP contribution in [-0.4, -0.2) is 32.6 Å². The fourth-order valence-electron chi connectivity index (χ4n) is 3.55. The van der Waals surface area contributed by atoms with Gasteiger partial charge in [0.1, 0.15) is 16.4 Å². The molecule has 0 atom stereocenters. The number of aromatic nitrogens is 4. The average Bonchev–Trinajstić information content (AvgIpc) is 2.61. The normalized spacial score (nSPS) is 14.8. The molecule has 3 aromatic rings. The van der Waals surface area contributed by atoms with E-state index in [0.717, 1.165) is 42.7 Å². The summed E-state index contributed by atoms with van der Waals surface area (Å²) in [5.41, 5.74) is 3.34. The van der Waals surface area contributed by atoms with E-state index >= 15 is 0 Å². The zero-order valence-corrected chi connectivity index (χ0v) is 15.8. The van der Waals surface area contributed by atoms with E-state index in [4.69, 9.17) is 12.2 Å². The smallest absolute Gasteiger partial charge is 0.264 e. The van der Waals surface area contributed by atoms with E-state index in [9.17, 15) is 4.79 Å². The van der Waals surface area contributed by atoms with Crippen molar-refractivity contribution in [3.05, 3.63) is 50.6 Å². The Kier molecular flexibility index (Phi) is 4.32. The first-order chi connectivity index (χ1) is 12.5. The Morgan fingerprint density at radius 1 is 1.08 bits per heavy atom. The van der Waals surface area contributed by atoms with Crippen molar-refractivity contribution < 1.29 is 0 Å². The van der Waals surface area contributed by atoms with Crippen molar-refractivity contribution in [2.75, 3.05) is 18.0 Å². The Balaban J connectivity index is 1.87. The van der Waals surface area contributed by atoms with Crippen molar-refractivity contribution in [3.8, 4) is 5.69 Å². The van der Waals surface area contributed by atoms with Gasteiger partial charge in [-0.3, -0.25) is 14.3 Å². The van der Waals surface area contributed by atoms with Crippen LogP contribution in [0.25, 0.3) is 16.7 Å². The van der Waals surface area contributed by atoms with Gasteiger partial charge in [0.25, 0.3) is 5.56 Å². The molecule has 0 aliphatic carbocycles. The number of H-pyrrole nitrogens is 1. The van der Waals surface area contributed by atoms with E-state index in [2.05, 4.69) is 25.9 Å². The molecule has 0 radical (unpaired) electrons. The predicted octanol–water partition coefficient (Wildman–Crippen LogP) is 3.45. The molecular weight excluding hydrogens is 346 g/mol. The monoisotopic (exact) mass is 367 g/mol. The standard InChI is InChI=1S/C19H21N5OS/c1-12-8-13(2)10-14(9-12)24-11-20-16-15(18(24)26)17(25)22-19(21-16)23-6-4-3-5-7-23/h8-11H,3-7H2,1-2H3,(H,21,22,25). The molecule has 0 amide bonds. The Labute approximate surface area is 156 Å². The van der Waals surface area contributed by atoms with Gasteiger partial charge in [-0.05, 0) is 56.4 Å². The van der Waals surface area contributed by atoms with Gasteiger partial charge < -0.3 is 4.90 Å². The molecule has 1 N–H and O–H groups in total. The fraction of sp³-hybridized carbons (Fsp3) is 0.368. The second-order valence-corrected chi connectivity index (χ2v) is 7.29. The minimum absolute atomic E-state index is 0.230. The first kappa shape index (κ1) is 16.9. The van der Waals surface area contributed by atoms with Gasteiger partial charge in [-0.15, -0.1) is 0 Å². The number of aromatic amines is 1. The fourth-order valence-corrected chi connectivity index (χ4v) is 3.89. The number of aryl methyl sites for hydroxylation is 2. The van der Waals surface area contributed by atoms with Gasteiger partial charge in [0.2, 0.25) is 5.95 Å². The van der Waals surface area contributed by atoms with Crippen molar-refractivity contribution in [3.63, 3.8) is 0 Å². The number of nitrogens with one attached hydrogen (secondary N) is 1. The highest BCUT2D eigenvalue weighted by Crippen LogP contribution is 2.19. The lowest BCUT2D eigenvalue weighted by molar-refractivity contribution is 0.568. The molecule has 3 heterocycles. The lowest BCUT2D eigenvalue weighted by Gasteiger charge is -2.26. The summed E-state index contributed by atoms with van der Waals surface area (Å²) in [7, 11) is 0. The zero-order chi connectivity index (χ0) is 18.3. The molecule has 1 aliphatic rings. The number of rotatable bonds is 2. The summed E-state index contributed by atoms with van der Waals surface area (Å²) >= 11 is 5.60. The van der Waals surface area contributed by atoms with Crippen LogP contribution in [0.2, 0.25) is 0 Å². The molecule has 7 heteroatoms. The maximum Gasteiger partial charge on any atom is 0.264 e. The second-order valence-electron chi connectivity index (χ2n) is 6.90. The number of hydrogen-bond donors (Lipinski definition) is 1. The minimum Gasteiger partial charge on any atom is -0.342 e. The predicted molar refractivity (Wildman–Crippen MR) is 106 cm³/mol. The molecule has 0 spiro atoms. The molecule has 1 fully saturated rings. The number of piperidine rings is 1. The average molecular weight is 367 g/mol. The van der Waals surface area contributed by atoms with Crippen LogP contribution in [0.4, 0.5) is 5.95 Å². The molecule has 0 unspecified atom stereocenters. The summed E-state index contributed by atoms with van der Waals surface area (Å²) in [6.45, 7) is 5.89. The maximum atomic E-state index is 12.7. The van der Waals surface area contributed by atoms with Crippen LogP contribution < -0.4 is 10.5 Å². The summed E-state index contributed by atoms with van der Waals surface area (Å²) in [4.78, 5) is 26.8. The zero-order valence-electron chi connectivity index (χ0n) is 15.0. The highest BCUT2D eigenvalue weighted by Gasteiger charge is 2.16. The molecule has 2 aromatic heterocycles. The Morgan fingerprint density at radius 3 is 2.46 bits per heavy atom. The van der Waals surface area contributed by atoms with Gasteiger partial charge >= 0.3 is 0 Å². The number of nitrogens with zero attached hydrogens (tertiary/aromatic N) is 4. The molecule has 4 rings (SSSR count). The summed E-state index contributed by atoms with van der Waals surface area (Å²) in [6.07, 6.45) is 5.11. The molecule has 6 nitrogen and oxygen atoms in total. The molecule has 1 saturated heterocycles. The van der Waals surface area contributed by atoms with Gasteiger partial charge in [0.05, 0.1) is 0 Å². The number of anilines is 1. The lowest BCUT2D eigenvalue weighted by Crippen LogP contribution is -2.32. The summed E-state index contributed by atoms with van der Waals surface area (Å²) in [5.74, 6) is 0.591. The third-order valence-electron chi connectivity index (χ3n) is 4.76. The third kappa shape index (κ3) is 3.03. The van der Waals surface area contributed by atoms with E-state index in [1.807, 2.05) is 26.0 Å². The molecule has 26 heavy (non-hydrogen) atoms. The SMILES string of the molecule is Cc1cc(C)cc(-n2cnc3nc(N4CCCCC4)[nH]c(=O)c3c2=S)c1. The van der Waals surface area contributed by atoms with Crippen LogP contribution in [0.1, 0.15) is 30.4 Å². The molecule has 1 aliphatic heterocycles. The van der Waals surface area contributed by atoms with Crippen molar-refractivity contribution >= 4 is 29.2 Å². The minimum atomic E-state index is -0.230. The molecular formula is C19H21N5OS. The van der Waals surface area contributed by atoms with Crippen LogP contribution >= 0.6 is 12.2 Å². The summed E-state index contributed by atoms with van der Waals surface area (Å²) < 4.78 is 2.20. The van der Waals surface area contributed by atoms with Gasteiger partial charge in [0, 0.05) is 18.8 Å². The van der Waals surface area contributed by atoms with E-state index in [0.29, 0.717) is 21.6 Å². The quantitative estimate of drug-likeness (QED) is 0.703. The van der Waals surface area contributed by atoms with Crippen molar-refractivity contribution in [1.82, 2.24) is 19.5 Å². The van der Waals surface area contributed by atoms with Crippen molar-refractivity contribution in [1.29, 1.82) is 0 Å². The first-order valence-corrected chi connectivity index (χ1v) is 9.29. The van der Waals surface area contributed by atoms with Crippen LogP contribution in [0.5, 0.6) is 0 Å². The summed E-state index contributed by atoms with van der Waals surface area (Å²) in [5, 5.41) is 0.363. The molecule has 134 valence electrons. The second kappa shape index (κ2) is 6.64. The number of hydrogen-bond acceptors (Lipinski definition) is 5. The van der Waals surface area contributed by atoms with Crippen LogP contribution in [-0.2, 0) is 0 Å². The van der Waals surface area contributed by atoms with Gasteiger partial charge in [0.15, 0.2) is 5.65 Å². The lowest BCUT2D eigenvalue weighted by atomic mass is 10.1. The highest BCUT2D eigenvalue weighted by molar-refractivity contribution is 7.71. The largest absolute Gasteiger partial charge is 0.342 e. The Morgan fingerprint density at radius 2 is 1.77 bits per heavy atom. The molecule has 0 bridgehead atoms. The highest BCUT2D eigenvalue weighted by atomic mass is 32.1. The van der Waals surface area contributed by atoms with Crippen molar-refractivity contribution in [2.24, 2.45) is 0 Å².